The van der Waals surface area contributed by atoms with Gasteiger partial charge in [0.1, 0.15) is 0 Å². The van der Waals surface area contributed by atoms with E-state index in [4.69, 9.17) is 0 Å². The van der Waals surface area contributed by atoms with Crippen molar-refractivity contribution in [3.8, 4) is 0 Å². The van der Waals surface area contributed by atoms with Crippen LogP contribution in [0.2, 0.25) is 0 Å². The second-order valence-corrected chi connectivity index (χ2v) is 6.05. The molecule has 0 aliphatic carbocycles. The zero-order valence-electron chi connectivity index (χ0n) is 12.6. The summed E-state index contributed by atoms with van der Waals surface area (Å²) in [4.78, 5) is 6.11. The van der Waals surface area contributed by atoms with Crippen LogP contribution in [0.1, 0.15) is 24.1 Å². The third-order valence-electron chi connectivity index (χ3n) is 4.61. The van der Waals surface area contributed by atoms with Crippen LogP contribution in [0.25, 0.3) is 10.9 Å². The SMILES string of the molecule is CNCC1CCN(Cc2c(C)[nH]c3ccccc23)CC1. The van der Waals surface area contributed by atoms with E-state index in [0.717, 1.165) is 12.5 Å². The van der Waals surface area contributed by atoms with Crippen molar-refractivity contribution in [1.29, 1.82) is 0 Å². The van der Waals surface area contributed by atoms with Gasteiger partial charge in [0, 0.05) is 23.1 Å². The van der Waals surface area contributed by atoms with Crippen LogP contribution in [-0.2, 0) is 6.54 Å². The van der Waals surface area contributed by atoms with Gasteiger partial charge < -0.3 is 10.3 Å². The first-order valence-electron chi connectivity index (χ1n) is 7.71. The van der Waals surface area contributed by atoms with Gasteiger partial charge in [0.15, 0.2) is 0 Å². The first-order chi connectivity index (χ1) is 9.78. The van der Waals surface area contributed by atoms with E-state index in [2.05, 4.69) is 53.4 Å². The third-order valence-corrected chi connectivity index (χ3v) is 4.61. The summed E-state index contributed by atoms with van der Waals surface area (Å²) in [5.74, 6) is 0.861. The fraction of sp³-hybridized carbons (Fsp3) is 0.529. The molecule has 3 nitrogen and oxygen atoms in total. The van der Waals surface area contributed by atoms with E-state index in [1.54, 1.807) is 0 Å². The van der Waals surface area contributed by atoms with Gasteiger partial charge in [-0.3, -0.25) is 4.90 Å². The van der Waals surface area contributed by atoms with Crippen LogP contribution in [0.4, 0.5) is 0 Å². The molecule has 1 fully saturated rings. The molecule has 0 unspecified atom stereocenters. The number of H-pyrrole nitrogens is 1. The van der Waals surface area contributed by atoms with Crippen molar-refractivity contribution < 1.29 is 0 Å². The van der Waals surface area contributed by atoms with Crippen molar-refractivity contribution in [2.75, 3.05) is 26.7 Å². The molecular formula is C17H25N3. The first kappa shape index (κ1) is 13.7. The monoisotopic (exact) mass is 271 g/mol. The number of aromatic nitrogens is 1. The maximum absolute atomic E-state index is 3.51. The number of likely N-dealkylation sites (tertiary alicyclic amines) is 1. The molecule has 1 aromatic heterocycles. The van der Waals surface area contributed by atoms with Crippen molar-refractivity contribution >= 4 is 10.9 Å². The summed E-state index contributed by atoms with van der Waals surface area (Å²) < 4.78 is 0. The maximum Gasteiger partial charge on any atom is 0.0459 e. The number of nitrogens with zero attached hydrogens (tertiary/aromatic N) is 1. The lowest BCUT2D eigenvalue weighted by atomic mass is 9.96. The number of rotatable bonds is 4. The predicted octanol–water partition coefficient (Wildman–Crippen LogP) is 2.91. The molecule has 0 amide bonds. The molecule has 0 spiro atoms. The fourth-order valence-electron chi connectivity index (χ4n) is 3.40. The van der Waals surface area contributed by atoms with Crippen LogP contribution in [0, 0.1) is 12.8 Å². The average Bonchev–Trinajstić information content (AvgIpc) is 2.78. The molecule has 1 aliphatic rings. The fourth-order valence-corrected chi connectivity index (χ4v) is 3.40. The van der Waals surface area contributed by atoms with Gasteiger partial charge in [-0.25, -0.2) is 0 Å². The van der Waals surface area contributed by atoms with Gasteiger partial charge in [0.05, 0.1) is 0 Å². The van der Waals surface area contributed by atoms with Crippen LogP contribution in [0.3, 0.4) is 0 Å². The summed E-state index contributed by atoms with van der Waals surface area (Å²) >= 11 is 0. The summed E-state index contributed by atoms with van der Waals surface area (Å²) in [5.41, 5.74) is 4.07. The second kappa shape index (κ2) is 5.98. The normalized spacial score (nSPS) is 17.9. The molecule has 0 bridgehead atoms. The van der Waals surface area contributed by atoms with Gasteiger partial charge >= 0.3 is 0 Å². The van der Waals surface area contributed by atoms with Crippen LogP contribution in [0.5, 0.6) is 0 Å². The van der Waals surface area contributed by atoms with Crippen molar-refractivity contribution in [3.05, 3.63) is 35.5 Å². The van der Waals surface area contributed by atoms with E-state index in [1.165, 1.54) is 54.6 Å². The Labute approximate surface area is 121 Å². The number of para-hydroxylation sites is 1. The highest BCUT2D eigenvalue weighted by molar-refractivity contribution is 5.84. The highest BCUT2D eigenvalue weighted by Crippen LogP contribution is 2.25. The molecule has 2 aromatic rings. The molecule has 108 valence electrons. The quantitative estimate of drug-likeness (QED) is 0.896. The van der Waals surface area contributed by atoms with Gasteiger partial charge in [-0.1, -0.05) is 18.2 Å². The van der Waals surface area contributed by atoms with Crippen LogP contribution >= 0.6 is 0 Å². The Hall–Kier alpha value is -1.32. The molecule has 1 aliphatic heterocycles. The topological polar surface area (TPSA) is 31.1 Å². The molecule has 1 saturated heterocycles. The van der Waals surface area contributed by atoms with Gasteiger partial charge in [-0.05, 0) is 64.0 Å². The molecule has 2 heterocycles. The van der Waals surface area contributed by atoms with Crippen molar-refractivity contribution in [3.63, 3.8) is 0 Å². The van der Waals surface area contributed by atoms with Gasteiger partial charge in [-0.2, -0.15) is 0 Å². The number of aryl methyl sites for hydroxylation is 1. The maximum atomic E-state index is 3.51. The molecule has 3 heteroatoms. The molecule has 2 N–H and O–H groups in total. The lowest BCUT2D eigenvalue weighted by Crippen LogP contribution is -2.36. The Bertz CT molecular complexity index is 565. The van der Waals surface area contributed by atoms with Gasteiger partial charge in [0.2, 0.25) is 0 Å². The van der Waals surface area contributed by atoms with E-state index in [1.807, 2.05) is 0 Å². The lowest BCUT2D eigenvalue weighted by molar-refractivity contribution is 0.177. The lowest BCUT2D eigenvalue weighted by Gasteiger charge is -2.32. The highest BCUT2D eigenvalue weighted by atomic mass is 15.1. The minimum atomic E-state index is 0.861. The van der Waals surface area contributed by atoms with Crippen LogP contribution < -0.4 is 5.32 Å². The highest BCUT2D eigenvalue weighted by Gasteiger charge is 2.20. The van der Waals surface area contributed by atoms with E-state index >= 15 is 0 Å². The second-order valence-electron chi connectivity index (χ2n) is 6.05. The standard InChI is InChI=1S/C17H25N3/c1-13-16(15-5-3-4-6-17(15)19-13)12-20-9-7-14(8-10-20)11-18-2/h3-6,14,18-19H,7-12H2,1-2H3. The number of nitrogens with one attached hydrogen (secondary N) is 2. The smallest absolute Gasteiger partial charge is 0.0459 e. The zero-order chi connectivity index (χ0) is 13.9. The van der Waals surface area contributed by atoms with Gasteiger partial charge in [-0.15, -0.1) is 0 Å². The number of hydrogen-bond donors (Lipinski definition) is 2. The molecule has 0 saturated carbocycles. The predicted molar refractivity (Wildman–Crippen MR) is 85.0 cm³/mol. The molecule has 0 atom stereocenters. The molecular weight excluding hydrogens is 246 g/mol. The van der Waals surface area contributed by atoms with Crippen molar-refractivity contribution in [1.82, 2.24) is 15.2 Å². The number of aromatic amines is 1. The summed E-state index contributed by atoms with van der Waals surface area (Å²) in [7, 11) is 2.06. The summed E-state index contributed by atoms with van der Waals surface area (Å²) in [6.45, 7) is 6.90. The Morgan fingerprint density at radius 2 is 2.00 bits per heavy atom. The van der Waals surface area contributed by atoms with E-state index in [9.17, 15) is 0 Å². The molecule has 3 rings (SSSR count). The van der Waals surface area contributed by atoms with E-state index in [-0.39, 0.29) is 0 Å². The Kier molecular flexibility index (Phi) is 4.08. The first-order valence-corrected chi connectivity index (χ1v) is 7.71. The third kappa shape index (κ3) is 2.74. The minimum absolute atomic E-state index is 0.861. The van der Waals surface area contributed by atoms with E-state index in [0.29, 0.717) is 0 Å². The zero-order valence-corrected chi connectivity index (χ0v) is 12.6. The summed E-state index contributed by atoms with van der Waals surface area (Å²) in [5, 5.41) is 4.70. The van der Waals surface area contributed by atoms with Crippen LogP contribution in [0.15, 0.2) is 24.3 Å². The number of piperidine rings is 1. The summed E-state index contributed by atoms with van der Waals surface area (Å²) in [6.07, 6.45) is 2.64. The van der Waals surface area contributed by atoms with Gasteiger partial charge in [0.25, 0.3) is 0 Å². The number of hydrogen-bond acceptors (Lipinski definition) is 2. The largest absolute Gasteiger partial charge is 0.358 e. The van der Waals surface area contributed by atoms with Crippen molar-refractivity contribution in [2.45, 2.75) is 26.3 Å². The average molecular weight is 271 g/mol. The Morgan fingerprint density at radius 1 is 1.25 bits per heavy atom. The van der Waals surface area contributed by atoms with Crippen molar-refractivity contribution in [2.24, 2.45) is 5.92 Å². The van der Waals surface area contributed by atoms with E-state index < -0.39 is 0 Å². The Morgan fingerprint density at radius 3 is 2.75 bits per heavy atom. The molecule has 20 heavy (non-hydrogen) atoms. The molecule has 1 aromatic carbocycles. The Balaban J connectivity index is 1.70. The van der Waals surface area contributed by atoms with Crippen LogP contribution in [-0.4, -0.2) is 36.6 Å². The summed E-state index contributed by atoms with van der Waals surface area (Å²) in [6, 6.07) is 8.65. The minimum Gasteiger partial charge on any atom is -0.358 e. The number of fused-ring (bicyclic) bond motifs is 1. The number of benzene rings is 1. The molecule has 0 radical (unpaired) electrons.